The van der Waals surface area contributed by atoms with Crippen molar-refractivity contribution in [1.82, 2.24) is 4.90 Å². The Labute approximate surface area is 72.1 Å². The van der Waals surface area contributed by atoms with E-state index in [4.69, 9.17) is 9.84 Å². The predicted octanol–water partition coefficient (Wildman–Crippen LogP) is 0.946. The highest BCUT2D eigenvalue weighted by Gasteiger charge is 2.32. The maximum Gasteiger partial charge on any atom is 0.412 e. The van der Waals surface area contributed by atoms with Gasteiger partial charge in [-0.1, -0.05) is 13.3 Å². The number of cyclic esters (lactones) is 1. The first kappa shape index (κ1) is 9.32. The normalized spacial score (nSPS) is 25.8. The molecule has 1 saturated heterocycles. The van der Waals surface area contributed by atoms with Crippen molar-refractivity contribution in [3.8, 4) is 0 Å². The van der Waals surface area contributed by atoms with Crippen molar-refractivity contribution < 1.29 is 14.6 Å². The van der Waals surface area contributed by atoms with E-state index in [9.17, 15) is 4.79 Å². The number of aliphatic hydroxyl groups is 1. The molecule has 12 heavy (non-hydrogen) atoms. The van der Waals surface area contributed by atoms with Gasteiger partial charge in [0.25, 0.3) is 0 Å². The van der Waals surface area contributed by atoms with Crippen molar-refractivity contribution in [1.29, 1.82) is 0 Å². The third-order valence-electron chi connectivity index (χ3n) is 1.96. The lowest BCUT2D eigenvalue weighted by molar-refractivity contribution is 0.0519. The van der Waals surface area contributed by atoms with Gasteiger partial charge >= 0.3 is 6.09 Å². The Balaban J connectivity index is 2.45. The second kappa shape index (κ2) is 3.76. The van der Waals surface area contributed by atoms with E-state index in [-0.39, 0.29) is 6.10 Å². The zero-order valence-corrected chi connectivity index (χ0v) is 7.49. The number of rotatable bonds is 3. The molecule has 0 saturated carbocycles. The summed E-state index contributed by atoms with van der Waals surface area (Å²) < 4.78 is 5.00. The van der Waals surface area contributed by atoms with Gasteiger partial charge in [0.2, 0.25) is 0 Å². The summed E-state index contributed by atoms with van der Waals surface area (Å²) in [5.41, 5.74) is 0. The summed E-state index contributed by atoms with van der Waals surface area (Å²) in [6.45, 7) is 4.12. The molecule has 0 aliphatic carbocycles. The molecule has 0 aromatic heterocycles. The van der Waals surface area contributed by atoms with Gasteiger partial charge in [-0.15, -0.1) is 0 Å². The Bertz CT molecular complexity index is 170. The van der Waals surface area contributed by atoms with Crippen LogP contribution in [0.5, 0.6) is 0 Å². The molecule has 0 aromatic carbocycles. The highest BCUT2D eigenvalue weighted by atomic mass is 16.6. The smallest absolute Gasteiger partial charge is 0.412 e. The monoisotopic (exact) mass is 173 g/mol. The lowest BCUT2D eigenvalue weighted by Gasteiger charge is -2.15. The molecule has 2 atom stereocenters. The molecule has 1 heterocycles. The van der Waals surface area contributed by atoms with Crippen LogP contribution in [0.4, 0.5) is 4.79 Å². The van der Waals surface area contributed by atoms with Crippen LogP contribution in [0, 0.1) is 0 Å². The van der Waals surface area contributed by atoms with Gasteiger partial charge < -0.3 is 9.84 Å². The first-order valence-corrected chi connectivity index (χ1v) is 4.30. The topological polar surface area (TPSA) is 49.8 Å². The third-order valence-corrected chi connectivity index (χ3v) is 1.96. The number of aliphatic hydroxyl groups excluding tert-OH is 1. The van der Waals surface area contributed by atoms with Crippen LogP contribution in [0.25, 0.3) is 0 Å². The molecule has 70 valence electrons. The van der Waals surface area contributed by atoms with E-state index in [0.29, 0.717) is 6.54 Å². The highest BCUT2D eigenvalue weighted by Crippen LogP contribution is 2.16. The fraction of sp³-hybridized carbons (Fsp3) is 0.875. The fourth-order valence-corrected chi connectivity index (χ4v) is 1.32. The molecular formula is C8H15NO3. The Morgan fingerprint density at radius 1 is 1.83 bits per heavy atom. The lowest BCUT2D eigenvalue weighted by Crippen LogP contribution is -2.33. The van der Waals surface area contributed by atoms with Crippen LogP contribution < -0.4 is 0 Å². The Morgan fingerprint density at radius 2 is 2.50 bits per heavy atom. The van der Waals surface area contributed by atoms with Gasteiger partial charge in [0.1, 0.15) is 12.3 Å². The number of amides is 1. The van der Waals surface area contributed by atoms with E-state index in [0.717, 1.165) is 12.8 Å². The van der Waals surface area contributed by atoms with Gasteiger partial charge in [-0.2, -0.15) is 0 Å². The summed E-state index contributed by atoms with van der Waals surface area (Å²) in [6.07, 6.45) is 0.695. The summed E-state index contributed by atoms with van der Waals surface area (Å²) in [4.78, 5) is 12.4. The zero-order chi connectivity index (χ0) is 9.14. The average Bonchev–Trinajstić information content (AvgIpc) is 2.32. The molecule has 2 unspecified atom stereocenters. The maximum absolute atomic E-state index is 11.0. The molecule has 4 heteroatoms. The number of carbonyl (C=O) groups excluding carboxylic acids is 1. The molecule has 1 fully saturated rings. The predicted molar refractivity (Wildman–Crippen MR) is 43.6 cm³/mol. The first-order chi connectivity index (χ1) is 5.65. The summed E-state index contributed by atoms with van der Waals surface area (Å²) in [7, 11) is 0. The van der Waals surface area contributed by atoms with Gasteiger partial charge in [-0.3, -0.25) is 4.90 Å². The Kier molecular flexibility index (Phi) is 2.92. The first-order valence-electron chi connectivity index (χ1n) is 4.30. The van der Waals surface area contributed by atoms with E-state index in [2.05, 4.69) is 0 Å². The summed E-state index contributed by atoms with van der Waals surface area (Å²) >= 11 is 0. The minimum absolute atomic E-state index is 0.0305. The zero-order valence-electron chi connectivity index (χ0n) is 7.49. The van der Waals surface area contributed by atoms with E-state index in [1.165, 1.54) is 4.90 Å². The van der Waals surface area contributed by atoms with Crippen molar-refractivity contribution >= 4 is 6.09 Å². The van der Waals surface area contributed by atoms with Crippen molar-refractivity contribution in [3.63, 3.8) is 0 Å². The Morgan fingerprint density at radius 3 is 2.92 bits per heavy atom. The largest absolute Gasteiger partial charge is 0.444 e. The van der Waals surface area contributed by atoms with Gasteiger partial charge in [0, 0.05) is 0 Å². The van der Waals surface area contributed by atoms with Gasteiger partial charge in [-0.05, 0) is 13.3 Å². The van der Waals surface area contributed by atoms with Crippen LogP contribution in [0.3, 0.4) is 0 Å². The van der Waals surface area contributed by atoms with Gasteiger partial charge in [0.15, 0.2) is 0 Å². The Hall–Kier alpha value is -0.770. The molecule has 1 rings (SSSR count). The van der Waals surface area contributed by atoms with E-state index >= 15 is 0 Å². The summed E-state index contributed by atoms with van der Waals surface area (Å²) in [5.74, 6) is 0. The molecule has 0 radical (unpaired) electrons. The van der Waals surface area contributed by atoms with Crippen LogP contribution in [-0.2, 0) is 4.74 Å². The number of hydrogen-bond donors (Lipinski definition) is 1. The molecule has 1 amide bonds. The molecule has 0 spiro atoms. The number of ether oxygens (including phenoxy) is 1. The van der Waals surface area contributed by atoms with Crippen molar-refractivity contribution in [3.05, 3.63) is 0 Å². The van der Waals surface area contributed by atoms with E-state index in [1.54, 1.807) is 6.92 Å². The molecule has 0 bridgehead atoms. The minimum Gasteiger partial charge on any atom is -0.444 e. The van der Waals surface area contributed by atoms with Crippen LogP contribution in [0.1, 0.15) is 26.7 Å². The molecule has 1 N–H and O–H groups in total. The third kappa shape index (κ3) is 1.88. The molecule has 1 aliphatic rings. The quantitative estimate of drug-likeness (QED) is 0.691. The maximum atomic E-state index is 11.0. The number of carbonyl (C=O) groups is 1. The standard InChI is InChI=1S/C8H15NO3/c1-3-4-7-5-9(6(2)10)8(11)12-7/h6-7,10H,3-5H2,1-2H3. The SMILES string of the molecule is CCCC1CN(C(C)O)C(=O)O1. The van der Waals surface area contributed by atoms with Gasteiger partial charge in [0.05, 0.1) is 6.54 Å². The van der Waals surface area contributed by atoms with E-state index in [1.807, 2.05) is 6.92 Å². The van der Waals surface area contributed by atoms with Gasteiger partial charge in [-0.25, -0.2) is 4.79 Å². The highest BCUT2D eigenvalue weighted by molar-refractivity contribution is 5.70. The summed E-state index contributed by atoms with van der Waals surface area (Å²) in [6, 6.07) is 0. The minimum atomic E-state index is -0.737. The molecule has 0 aromatic rings. The van der Waals surface area contributed by atoms with Crippen molar-refractivity contribution in [2.45, 2.75) is 39.0 Å². The number of hydrogen-bond acceptors (Lipinski definition) is 3. The summed E-state index contributed by atoms with van der Waals surface area (Å²) in [5, 5.41) is 9.13. The fourth-order valence-electron chi connectivity index (χ4n) is 1.32. The second-order valence-electron chi connectivity index (χ2n) is 3.08. The lowest BCUT2D eigenvalue weighted by atomic mass is 10.2. The second-order valence-corrected chi connectivity index (χ2v) is 3.08. The van der Waals surface area contributed by atoms with Crippen LogP contribution in [-0.4, -0.2) is 35.0 Å². The molecule has 1 aliphatic heterocycles. The molecular weight excluding hydrogens is 158 g/mol. The average molecular weight is 173 g/mol. The van der Waals surface area contributed by atoms with E-state index < -0.39 is 12.3 Å². The van der Waals surface area contributed by atoms with Crippen molar-refractivity contribution in [2.24, 2.45) is 0 Å². The van der Waals surface area contributed by atoms with Crippen molar-refractivity contribution in [2.75, 3.05) is 6.54 Å². The van der Waals surface area contributed by atoms with Crippen LogP contribution >= 0.6 is 0 Å². The van der Waals surface area contributed by atoms with Crippen LogP contribution in [0.15, 0.2) is 0 Å². The molecule has 4 nitrogen and oxygen atoms in total. The van der Waals surface area contributed by atoms with Crippen LogP contribution in [0.2, 0.25) is 0 Å². The number of nitrogens with zero attached hydrogens (tertiary/aromatic N) is 1.